The van der Waals surface area contributed by atoms with Crippen LogP contribution >= 0.6 is 11.6 Å². The molecular formula is C25H21ClF3N3O2. The van der Waals surface area contributed by atoms with Crippen molar-refractivity contribution in [1.82, 2.24) is 14.6 Å². The zero-order chi connectivity index (χ0) is 24.5. The summed E-state index contributed by atoms with van der Waals surface area (Å²) in [6.45, 7) is 3.70. The molecule has 176 valence electrons. The van der Waals surface area contributed by atoms with E-state index < -0.39 is 23.1 Å². The van der Waals surface area contributed by atoms with Crippen molar-refractivity contribution in [1.29, 1.82) is 0 Å². The second-order valence-electron chi connectivity index (χ2n) is 8.06. The van der Waals surface area contributed by atoms with E-state index in [1.54, 1.807) is 38.2 Å². The number of carbonyl (C=O) groups is 1. The van der Waals surface area contributed by atoms with E-state index in [0.29, 0.717) is 33.9 Å². The summed E-state index contributed by atoms with van der Waals surface area (Å²) in [5, 5.41) is 4.98. The van der Waals surface area contributed by atoms with Gasteiger partial charge in [0.05, 0.1) is 24.1 Å². The highest BCUT2D eigenvalue weighted by Crippen LogP contribution is 2.34. The molecule has 2 aromatic heterocycles. The minimum atomic E-state index is -4.42. The van der Waals surface area contributed by atoms with Gasteiger partial charge in [0, 0.05) is 16.8 Å². The molecule has 5 nitrogen and oxygen atoms in total. The molecule has 2 aromatic carbocycles. The van der Waals surface area contributed by atoms with Crippen molar-refractivity contribution >= 4 is 23.2 Å². The van der Waals surface area contributed by atoms with Crippen LogP contribution in [0.25, 0.3) is 16.8 Å². The average molecular weight is 488 g/mol. The number of aromatic nitrogens is 3. The zero-order valence-electron chi connectivity index (χ0n) is 18.4. The third-order valence-electron chi connectivity index (χ3n) is 5.66. The highest BCUT2D eigenvalue weighted by Gasteiger charge is 2.40. The van der Waals surface area contributed by atoms with Crippen LogP contribution in [-0.4, -0.2) is 27.2 Å². The van der Waals surface area contributed by atoms with Crippen molar-refractivity contribution in [3.63, 3.8) is 0 Å². The first-order chi connectivity index (χ1) is 16.1. The number of fused-ring (bicyclic) bond motifs is 1. The molecule has 0 saturated carbocycles. The Morgan fingerprint density at radius 2 is 1.85 bits per heavy atom. The summed E-state index contributed by atoms with van der Waals surface area (Å²) in [6.07, 6.45) is -1.05. The molecule has 0 spiro atoms. The fourth-order valence-corrected chi connectivity index (χ4v) is 4.18. The summed E-state index contributed by atoms with van der Waals surface area (Å²) in [4.78, 5) is 17.6. The minimum absolute atomic E-state index is 0.202. The second kappa shape index (κ2) is 9.10. The van der Waals surface area contributed by atoms with Crippen molar-refractivity contribution < 1.29 is 22.7 Å². The lowest BCUT2D eigenvalue weighted by Gasteiger charge is -2.28. The smallest absolute Gasteiger partial charge is 0.416 e. The Morgan fingerprint density at radius 1 is 1.12 bits per heavy atom. The van der Waals surface area contributed by atoms with E-state index in [1.807, 2.05) is 12.1 Å². The molecule has 0 radical (unpaired) electrons. The first kappa shape index (κ1) is 23.8. The van der Waals surface area contributed by atoms with Crippen LogP contribution in [0.4, 0.5) is 13.2 Å². The van der Waals surface area contributed by atoms with Gasteiger partial charge in [0.25, 0.3) is 0 Å². The quantitative estimate of drug-likeness (QED) is 0.307. The van der Waals surface area contributed by atoms with Gasteiger partial charge < -0.3 is 4.74 Å². The normalized spacial score (nSPS) is 13.6. The number of rotatable bonds is 6. The van der Waals surface area contributed by atoms with Crippen molar-refractivity contribution in [2.24, 2.45) is 0 Å². The fourth-order valence-electron chi connectivity index (χ4n) is 3.96. The van der Waals surface area contributed by atoms with Crippen molar-refractivity contribution in [2.75, 3.05) is 6.61 Å². The Bertz CT molecular complexity index is 1340. The summed E-state index contributed by atoms with van der Waals surface area (Å²) < 4.78 is 45.8. The maximum atomic E-state index is 13.2. The van der Waals surface area contributed by atoms with Crippen LogP contribution in [0, 0.1) is 0 Å². The van der Waals surface area contributed by atoms with E-state index in [9.17, 15) is 18.0 Å². The first-order valence-electron chi connectivity index (χ1n) is 10.6. The number of hydrogen-bond acceptors (Lipinski definition) is 4. The Morgan fingerprint density at radius 3 is 2.50 bits per heavy atom. The van der Waals surface area contributed by atoms with Crippen molar-refractivity contribution in [3.05, 3.63) is 88.8 Å². The standard InChI is InChI=1S/C25H21ClF3N3O2/c1-3-34-23(33)24(2,14-16-5-4-6-19(26)13-16)21-11-12-30-22-20(15-31-32(21)22)17-7-9-18(10-8-17)25(27,28)29/h4-13,15H,3,14H2,1-2H3. The van der Waals surface area contributed by atoms with Crippen LogP contribution in [0.5, 0.6) is 0 Å². The number of halogens is 4. The SMILES string of the molecule is CCOC(=O)C(C)(Cc1cccc(Cl)c1)c1ccnc2c(-c3ccc(C(F)(F)F)cc3)cnn12. The van der Waals surface area contributed by atoms with Crippen molar-refractivity contribution in [2.45, 2.75) is 31.9 Å². The molecule has 4 aromatic rings. The maximum Gasteiger partial charge on any atom is 0.416 e. The molecule has 0 aliphatic carbocycles. The molecule has 0 aliphatic heterocycles. The van der Waals surface area contributed by atoms with Gasteiger partial charge in [-0.2, -0.15) is 18.3 Å². The summed E-state index contributed by atoms with van der Waals surface area (Å²) in [5.74, 6) is -0.436. The Hall–Kier alpha value is -3.39. The molecule has 1 unspecified atom stereocenters. The summed E-state index contributed by atoms with van der Waals surface area (Å²) in [5.41, 5.74) is 0.990. The van der Waals surface area contributed by atoms with E-state index in [-0.39, 0.29) is 6.61 Å². The molecule has 0 N–H and O–H groups in total. The van der Waals surface area contributed by atoms with Crippen LogP contribution in [0.1, 0.15) is 30.7 Å². The Kier molecular flexibility index (Phi) is 6.36. The van der Waals surface area contributed by atoms with E-state index in [0.717, 1.165) is 17.7 Å². The lowest BCUT2D eigenvalue weighted by atomic mass is 9.80. The van der Waals surface area contributed by atoms with Gasteiger partial charge in [-0.25, -0.2) is 9.50 Å². The summed E-state index contributed by atoms with van der Waals surface area (Å²) in [6, 6.07) is 13.7. The lowest BCUT2D eigenvalue weighted by molar-refractivity contribution is -0.149. The molecule has 34 heavy (non-hydrogen) atoms. The third-order valence-corrected chi connectivity index (χ3v) is 5.90. The summed E-state index contributed by atoms with van der Waals surface area (Å²) >= 11 is 6.15. The molecule has 0 amide bonds. The van der Waals surface area contributed by atoms with Crippen LogP contribution in [-0.2, 0) is 27.5 Å². The number of hydrogen-bond donors (Lipinski definition) is 0. The highest BCUT2D eigenvalue weighted by atomic mass is 35.5. The van der Waals surface area contributed by atoms with Crippen molar-refractivity contribution in [3.8, 4) is 11.1 Å². The monoisotopic (exact) mass is 487 g/mol. The van der Waals surface area contributed by atoms with Gasteiger partial charge in [-0.1, -0.05) is 35.9 Å². The predicted molar refractivity (Wildman–Crippen MR) is 123 cm³/mol. The third kappa shape index (κ3) is 4.50. The number of nitrogens with zero attached hydrogens (tertiary/aromatic N) is 3. The molecule has 1 atom stereocenters. The van der Waals surface area contributed by atoms with E-state index in [2.05, 4.69) is 10.1 Å². The average Bonchev–Trinajstić information content (AvgIpc) is 3.23. The number of esters is 1. The van der Waals surface area contributed by atoms with Crippen LogP contribution in [0.3, 0.4) is 0 Å². The van der Waals surface area contributed by atoms with Gasteiger partial charge in [0.15, 0.2) is 5.65 Å². The number of alkyl halides is 3. The van der Waals surface area contributed by atoms with Gasteiger partial charge in [-0.05, 0) is 61.7 Å². The first-order valence-corrected chi connectivity index (χ1v) is 10.9. The zero-order valence-corrected chi connectivity index (χ0v) is 19.2. The fraction of sp³-hybridized carbons (Fsp3) is 0.240. The van der Waals surface area contributed by atoms with Gasteiger partial charge in [-0.15, -0.1) is 0 Å². The van der Waals surface area contributed by atoms with Gasteiger partial charge >= 0.3 is 12.1 Å². The largest absolute Gasteiger partial charge is 0.465 e. The minimum Gasteiger partial charge on any atom is -0.465 e. The highest BCUT2D eigenvalue weighted by molar-refractivity contribution is 6.30. The van der Waals surface area contributed by atoms with E-state index in [1.165, 1.54) is 22.8 Å². The molecule has 0 saturated heterocycles. The second-order valence-corrected chi connectivity index (χ2v) is 8.49. The number of benzene rings is 2. The van der Waals surface area contributed by atoms with Crippen LogP contribution in [0.2, 0.25) is 5.02 Å². The lowest BCUT2D eigenvalue weighted by Crippen LogP contribution is -2.38. The molecule has 0 aliphatic rings. The van der Waals surface area contributed by atoms with Crippen LogP contribution < -0.4 is 0 Å². The van der Waals surface area contributed by atoms with E-state index >= 15 is 0 Å². The molecule has 2 heterocycles. The number of ether oxygens (including phenoxy) is 1. The maximum absolute atomic E-state index is 13.2. The van der Waals surface area contributed by atoms with E-state index in [4.69, 9.17) is 16.3 Å². The summed E-state index contributed by atoms with van der Waals surface area (Å²) in [7, 11) is 0. The van der Waals surface area contributed by atoms with Gasteiger partial charge in [-0.3, -0.25) is 4.79 Å². The molecule has 0 fully saturated rings. The number of carbonyl (C=O) groups excluding carboxylic acids is 1. The van der Waals surface area contributed by atoms with Gasteiger partial charge in [0.1, 0.15) is 5.41 Å². The molecular weight excluding hydrogens is 467 g/mol. The topological polar surface area (TPSA) is 56.5 Å². The predicted octanol–water partition coefficient (Wildman–Crippen LogP) is 6.13. The van der Waals surface area contributed by atoms with Crippen LogP contribution in [0.15, 0.2) is 67.0 Å². The Balaban J connectivity index is 1.82. The molecule has 4 rings (SSSR count). The Labute approximate surface area is 199 Å². The molecule has 9 heteroatoms. The van der Waals surface area contributed by atoms with Gasteiger partial charge in [0.2, 0.25) is 0 Å². The molecule has 0 bridgehead atoms.